The highest BCUT2D eigenvalue weighted by molar-refractivity contribution is 5.92. The van der Waals surface area contributed by atoms with E-state index in [-0.39, 0.29) is 0 Å². The maximum absolute atomic E-state index is 10.9. The summed E-state index contributed by atoms with van der Waals surface area (Å²) in [6.07, 6.45) is 0. The first kappa shape index (κ1) is 9.78. The summed E-state index contributed by atoms with van der Waals surface area (Å²) in [5.41, 5.74) is -1.07. The number of amides is 1. The summed E-state index contributed by atoms with van der Waals surface area (Å²) in [6, 6.07) is 4.73. The van der Waals surface area contributed by atoms with Crippen LogP contribution < -0.4 is 0 Å². The number of carbonyl (C=O) groups excluding carboxylic acids is 1. The van der Waals surface area contributed by atoms with Gasteiger partial charge in [-0.3, -0.25) is 20.2 Å². The molecule has 1 aromatic rings. The zero-order chi connectivity index (χ0) is 10.7. The summed E-state index contributed by atoms with van der Waals surface area (Å²) in [4.78, 5) is 29.3. The molecule has 1 aromatic carbocycles. The molecule has 0 heterocycles. The Bertz CT molecular complexity index is 414. The number of nitro benzene ring substituents is 1. The van der Waals surface area contributed by atoms with Gasteiger partial charge in [-0.1, -0.05) is 12.1 Å². The third-order valence-corrected chi connectivity index (χ3v) is 1.50. The fraction of sp³-hybridized carbons (Fsp3) is 0. The highest BCUT2D eigenvalue weighted by Crippen LogP contribution is 2.17. The Labute approximate surface area is 77.3 Å². The predicted octanol–water partition coefficient (Wildman–Crippen LogP) is 1.01. The van der Waals surface area contributed by atoms with Gasteiger partial charge in [0.25, 0.3) is 5.69 Å². The van der Waals surface area contributed by atoms with Crippen LogP contribution in [-0.2, 0) is 0 Å². The van der Waals surface area contributed by atoms with Gasteiger partial charge in [-0.15, -0.1) is 0 Å². The average molecular weight is 196 g/mol. The maximum Gasteiger partial charge on any atom is 0.483 e. The fourth-order valence-electron chi connectivity index (χ4n) is 0.912. The third-order valence-electron chi connectivity index (χ3n) is 1.50. The van der Waals surface area contributed by atoms with Gasteiger partial charge < -0.3 is 0 Å². The van der Waals surface area contributed by atoms with E-state index in [1.807, 2.05) is 0 Å². The Hall–Kier alpha value is -2.31. The zero-order valence-corrected chi connectivity index (χ0v) is 6.75. The summed E-state index contributed by atoms with van der Waals surface area (Å²) in [6.45, 7) is 0. The monoisotopic (exact) mass is 196 g/mol. The van der Waals surface area contributed by atoms with Gasteiger partial charge in [0.05, 0.1) is 4.92 Å². The second-order valence-electron chi connectivity index (χ2n) is 2.34. The summed E-state index contributed by atoms with van der Waals surface area (Å²) in [5.74, 6) is -1.47. The van der Waals surface area contributed by atoms with E-state index in [0.29, 0.717) is 0 Å². The largest absolute Gasteiger partial charge is 0.483 e. The highest BCUT2D eigenvalue weighted by Gasteiger charge is 2.27. The van der Waals surface area contributed by atoms with E-state index >= 15 is 0 Å². The molecule has 7 nitrogen and oxygen atoms in total. The molecule has 0 aliphatic rings. The molecule has 0 unspecified atom stereocenters. The van der Waals surface area contributed by atoms with E-state index < -0.39 is 27.0 Å². The lowest BCUT2D eigenvalue weighted by molar-refractivity contribution is -0.391. The van der Waals surface area contributed by atoms with Gasteiger partial charge in [-0.05, 0) is 6.07 Å². The highest BCUT2D eigenvalue weighted by atomic mass is 16.6. The number of hydrogen-bond donors (Lipinski definition) is 0. The van der Waals surface area contributed by atoms with Crippen LogP contribution in [0, 0.1) is 20.2 Å². The molecule has 1 amide bonds. The molecule has 0 aliphatic carbocycles. The van der Waals surface area contributed by atoms with E-state index in [1.54, 1.807) is 0 Å². The third kappa shape index (κ3) is 1.71. The summed E-state index contributed by atoms with van der Waals surface area (Å²) < 4.78 is 0. The van der Waals surface area contributed by atoms with Crippen molar-refractivity contribution in [1.29, 1.82) is 0 Å². The molecular weight excluding hydrogens is 192 g/mol. The first-order valence-electron chi connectivity index (χ1n) is 3.46. The van der Waals surface area contributed by atoms with Crippen LogP contribution in [0.2, 0.25) is 0 Å². The Kier molecular flexibility index (Phi) is 2.52. The average Bonchev–Trinajstić information content (AvgIpc) is 2.16. The van der Waals surface area contributed by atoms with Crippen LogP contribution in [0.5, 0.6) is 0 Å². The molecule has 14 heavy (non-hydrogen) atoms. The van der Waals surface area contributed by atoms with Crippen LogP contribution in [0.3, 0.4) is 0 Å². The molecule has 0 saturated heterocycles. The lowest BCUT2D eigenvalue weighted by atomic mass is 10.2. The number of rotatable bonds is 2. The van der Waals surface area contributed by atoms with Crippen molar-refractivity contribution in [1.82, 2.24) is 0 Å². The van der Waals surface area contributed by atoms with Crippen LogP contribution in [0.15, 0.2) is 24.3 Å². The number of hydrogen-bond acceptors (Lipinski definition) is 5. The number of carbonyl (C=O) groups is 1. The molecule has 0 bridgehead atoms. The van der Waals surface area contributed by atoms with Gasteiger partial charge >= 0.3 is 5.91 Å². The van der Waals surface area contributed by atoms with E-state index in [4.69, 9.17) is 0 Å². The molecule has 0 radical (unpaired) electrons. The van der Waals surface area contributed by atoms with Crippen molar-refractivity contribution in [3.8, 4) is 0 Å². The van der Waals surface area contributed by atoms with Crippen molar-refractivity contribution in [3.05, 3.63) is 50.1 Å². The SMILES string of the molecule is O=C(c1ccccc1[N+](=O)[O-])[N+](=O)[O-]. The fourth-order valence-corrected chi connectivity index (χ4v) is 0.912. The predicted molar refractivity (Wildman–Crippen MR) is 44.4 cm³/mol. The quantitative estimate of drug-likeness (QED) is 0.518. The van der Waals surface area contributed by atoms with Crippen molar-refractivity contribution in [2.75, 3.05) is 0 Å². The van der Waals surface area contributed by atoms with Crippen LogP contribution >= 0.6 is 0 Å². The zero-order valence-electron chi connectivity index (χ0n) is 6.75. The van der Waals surface area contributed by atoms with Crippen molar-refractivity contribution < 1.29 is 14.6 Å². The minimum atomic E-state index is -1.47. The Morgan fingerprint density at radius 3 is 2.21 bits per heavy atom. The second kappa shape index (κ2) is 3.60. The normalized spacial score (nSPS) is 9.43. The number of nitrogens with zero attached hydrogens (tertiary/aromatic N) is 2. The van der Waals surface area contributed by atoms with Crippen LogP contribution in [0.1, 0.15) is 10.4 Å². The Morgan fingerprint density at radius 2 is 1.71 bits per heavy atom. The Morgan fingerprint density at radius 1 is 1.14 bits per heavy atom. The minimum Gasteiger partial charge on any atom is -0.258 e. The standard InChI is InChI=1S/C7H4N2O5/c10-7(9(13)14)5-3-1-2-4-6(5)8(11)12/h1-4H. The smallest absolute Gasteiger partial charge is 0.258 e. The maximum atomic E-state index is 10.9. The van der Waals surface area contributed by atoms with E-state index in [2.05, 4.69) is 0 Å². The van der Waals surface area contributed by atoms with Crippen LogP contribution in [0.25, 0.3) is 0 Å². The van der Waals surface area contributed by atoms with Gasteiger partial charge in [0.15, 0.2) is 5.56 Å². The molecule has 0 aromatic heterocycles. The van der Waals surface area contributed by atoms with Gasteiger partial charge in [0, 0.05) is 6.07 Å². The van der Waals surface area contributed by atoms with Gasteiger partial charge in [-0.25, -0.2) is 4.79 Å². The van der Waals surface area contributed by atoms with Crippen molar-refractivity contribution in [2.45, 2.75) is 0 Å². The van der Waals surface area contributed by atoms with Crippen LogP contribution in [0.4, 0.5) is 5.69 Å². The molecule has 1 rings (SSSR count). The van der Waals surface area contributed by atoms with E-state index in [1.165, 1.54) is 12.1 Å². The summed E-state index contributed by atoms with van der Waals surface area (Å²) in [7, 11) is 0. The van der Waals surface area contributed by atoms with Crippen molar-refractivity contribution in [2.24, 2.45) is 0 Å². The first-order chi connectivity index (χ1) is 6.54. The van der Waals surface area contributed by atoms with Gasteiger partial charge in [0.1, 0.15) is 4.92 Å². The molecule has 0 fully saturated rings. The van der Waals surface area contributed by atoms with Gasteiger partial charge in [-0.2, -0.15) is 0 Å². The lowest BCUT2D eigenvalue weighted by Crippen LogP contribution is -2.13. The number of para-hydroxylation sites is 1. The lowest BCUT2D eigenvalue weighted by Gasteiger charge is -1.94. The van der Waals surface area contributed by atoms with Crippen LogP contribution in [-0.4, -0.2) is 15.8 Å². The number of benzene rings is 1. The van der Waals surface area contributed by atoms with Crippen molar-refractivity contribution >= 4 is 11.6 Å². The minimum absolute atomic E-state index is 0.512. The molecule has 0 N–H and O–H groups in total. The molecule has 0 atom stereocenters. The topological polar surface area (TPSA) is 103 Å². The molecule has 7 heteroatoms. The van der Waals surface area contributed by atoms with Gasteiger partial charge in [0.2, 0.25) is 0 Å². The molecular formula is C7H4N2O5. The molecule has 0 spiro atoms. The first-order valence-corrected chi connectivity index (χ1v) is 3.46. The summed E-state index contributed by atoms with van der Waals surface area (Å²) in [5, 5.41) is 20.5. The van der Waals surface area contributed by atoms with Crippen molar-refractivity contribution in [3.63, 3.8) is 0 Å². The Balaban J connectivity index is 3.27. The second-order valence-corrected chi connectivity index (χ2v) is 2.34. The van der Waals surface area contributed by atoms with E-state index in [9.17, 15) is 25.0 Å². The van der Waals surface area contributed by atoms with E-state index in [0.717, 1.165) is 12.1 Å². The number of nitro groups is 2. The summed E-state index contributed by atoms with van der Waals surface area (Å²) >= 11 is 0. The molecule has 0 saturated carbocycles. The molecule has 72 valence electrons. The molecule has 0 aliphatic heterocycles.